The zero-order valence-electron chi connectivity index (χ0n) is 15.0. The highest BCUT2D eigenvalue weighted by Crippen LogP contribution is 2.30. The molecular weight excluding hydrogens is 340 g/mol. The van der Waals surface area contributed by atoms with Crippen molar-refractivity contribution in [3.05, 3.63) is 22.8 Å². The number of carboxylic acids is 1. The van der Waals surface area contributed by atoms with Crippen LogP contribution in [-0.4, -0.2) is 78.2 Å². The number of aromatic nitrogens is 1. The summed E-state index contributed by atoms with van der Waals surface area (Å²) in [6.07, 6.45) is 3.63. The molecule has 1 N–H and O–H groups in total. The largest absolute Gasteiger partial charge is 0.478 e. The number of halogens is 1. The number of rotatable bonds is 4. The van der Waals surface area contributed by atoms with Crippen molar-refractivity contribution in [2.75, 3.05) is 51.2 Å². The number of nitrogens with zero attached hydrogens (tertiary/aromatic N) is 4. The molecule has 7 heteroatoms. The molecule has 2 aliphatic rings. The normalized spacial score (nSPS) is 22.1. The molecule has 0 radical (unpaired) electrons. The molecule has 1 aromatic rings. The van der Waals surface area contributed by atoms with E-state index < -0.39 is 5.97 Å². The fourth-order valence-corrected chi connectivity index (χ4v) is 4.19. The molecule has 0 saturated carbocycles. The van der Waals surface area contributed by atoms with Gasteiger partial charge in [-0.2, -0.15) is 0 Å². The standard InChI is InChI=1S/C18H27ClN4O2/c1-13(22-9-7-21(2)8-10-22)14-3-5-23(6-4-14)17-16(19)11-15(12-20-17)18(24)25/h11-14H,3-10H2,1-2H3,(H,24,25). The van der Waals surface area contributed by atoms with Crippen molar-refractivity contribution in [3.8, 4) is 0 Å². The molecule has 0 bridgehead atoms. The van der Waals surface area contributed by atoms with Crippen LogP contribution in [0.4, 0.5) is 5.82 Å². The Hall–Kier alpha value is -1.37. The zero-order chi connectivity index (χ0) is 18.0. The van der Waals surface area contributed by atoms with Crippen LogP contribution in [0, 0.1) is 5.92 Å². The summed E-state index contributed by atoms with van der Waals surface area (Å²) < 4.78 is 0. The molecule has 3 rings (SSSR count). The predicted molar refractivity (Wildman–Crippen MR) is 99.7 cm³/mol. The Balaban J connectivity index is 1.57. The molecule has 25 heavy (non-hydrogen) atoms. The summed E-state index contributed by atoms with van der Waals surface area (Å²) in [7, 11) is 2.19. The third-order valence-electron chi connectivity index (χ3n) is 5.70. The van der Waals surface area contributed by atoms with Gasteiger partial charge in [-0.15, -0.1) is 0 Å². The average Bonchev–Trinajstić information content (AvgIpc) is 2.62. The summed E-state index contributed by atoms with van der Waals surface area (Å²) in [6.45, 7) is 8.81. The highest BCUT2D eigenvalue weighted by atomic mass is 35.5. The quantitative estimate of drug-likeness (QED) is 0.882. The fourth-order valence-electron chi connectivity index (χ4n) is 3.90. The minimum atomic E-state index is -0.999. The van der Waals surface area contributed by atoms with Crippen molar-refractivity contribution in [2.45, 2.75) is 25.8 Å². The number of pyridine rings is 1. The van der Waals surface area contributed by atoms with Crippen LogP contribution in [0.3, 0.4) is 0 Å². The third-order valence-corrected chi connectivity index (χ3v) is 5.98. The molecule has 1 unspecified atom stereocenters. The number of carbonyl (C=O) groups is 1. The molecule has 2 saturated heterocycles. The average molecular weight is 367 g/mol. The number of piperazine rings is 1. The van der Waals surface area contributed by atoms with E-state index in [1.54, 1.807) is 0 Å². The van der Waals surface area contributed by atoms with E-state index in [0.29, 0.717) is 22.8 Å². The second kappa shape index (κ2) is 7.89. The van der Waals surface area contributed by atoms with Gasteiger partial charge < -0.3 is 14.9 Å². The van der Waals surface area contributed by atoms with Gasteiger partial charge in [0.15, 0.2) is 0 Å². The molecular formula is C18H27ClN4O2. The van der Waals surface area contributed by atoms with Crippen LogP contribution in [0.1, 0.15) is 30.1 Å². The molecule has 1 atom stereocenters. The summed E-state index contributed by atoms with van der Waals surface area (Å²) in [5, 5.41) is 9.45. The summed E-state index contributed by atoms with van der Waals surface area (Å²) in [6, 6.07) is 2.10. The molecule has 0 aliphatic carbocycles. The third kappa shape index (κ3) is 4.25. The van der Waals surface area contributed by atoms with Gasteiger partial charge in [-0.25, -0.2) is 9.78 Å². The van der Waals surface area contributed by atoms with Crippen LogP contribution in [0.2, 0.25) is 5.02 Å². The highest BCUT2D eigenvalue weighted by molar-refractivity contribution is 6.33. The van der Waals surface area contributed by atoms with Gasteiger partial charge in [0, 0.05) is 51.5 Å². The molecule has 0 aromatic carbocycles. The lowest BCUT2D eigenvalue weighted by atomic mass is 9.89. The number of carboxylic acid groups (broad SMARTS) is 1. The van der Waals surface area contributed by atoms with Gasteiger partial charge in [0.05, 0.1) is 10.6 Å². The van der Waals surface area contributed by atoms with Gasteiger partial charge in [0.1, 0.15) is 5.82 Å². The molecule has 138 valence electrons. The van der Waals surface area contributed by atoms with Gasteiger partial charge in [-0.3, -0.25) is 4.90 Å². The maximum Gasteiger partial charge on any atom is 0.337 e. The number of anilines is 1. The van der Waals surface area contributed by atoms with E-state index in [9.17, 15) is 4.79 Å². The minimum absolute atomic E-state index is 0.132. The van der Waals surface area contributed by atoms with Gasteiger partial charge in [-0.05, 0) is 38.8 Å². The second-order valence-electron chi connectivity index (χ2n) is 7.24. The Labute approximate surface area is 154 Å². The lowest BCUT2D eigenvalue weighted by Gasteiger charge is -2.43. The highest BCUT2D eigenvalue weighted by Gasteiger charge is 2.30. The summed E-state index contributed by atoms with van der Waals surface area (Å²) in [4.78, 5) is 22.5. The van der Waals surface area contributed by atoms with Crippen LogP contribution in [0.5, 0.6) is 0 Å². The van der Waals surface area contributed by atoms with Crippen LogP contribution in [-0.2, 0) is 0 Å². The lowest BCUT2D eigenvalue weighted by Crippen LogP contribution is -2.51. The number of aromatic carboxylic acids is 1. The van der Waals surface area contributed by atoms with Gasteiger partial charge in [0.2, 0.25) is 0 Å². The van der Waals surface area contributed by atoms with E-state index in [4.69, 9.17) is 16.7 Å². The minimum Gasteiger partial charge on any atom is -0.478 e. The first kappa shape index (κ1) is 18.4. The first-order valence-corrected chi connectivity index (χ1v) is 9.40. The van der Waals surface area contributed by atoms with Crippen molar-refractivity contribution in [1.29, 1.82) is 0 Å². The smallest absolute Gasteiger partial charge is 0.337 e. The topological polar surface area (TPSA) is 59.9 Å². The summed E-state index contributed by atoms with van der Waals surface area (Å²) in [5.41, 5.74) is 0.132. The van der Waals surface area contributed by atoms with E-state index in [2.05, 4.69) is 33.7 Å². The van der Waals surface area contributed by atoms with Gasteiger partial charge in [0.25, 0.3) is 0 Å². The SMILES string of the molecule is CC(C1CCN(c2ncc(C(=O)O)cc2Cl)CC1)N1CCN(C)CC1. The van der Waals surface area contributed by atoms with E-state index in [1.165, 1.54) is 12.3 Å². The Morgan fingerprint density at radius 3 is 2.44 bits per heavy atom. The number of hydrogen-bond acceptors (Lipinski definition) is 5. The van der Waals surface area contributed by atoms with E-state index in [-0.39, 0.29) is 5.56 Å². The monoisotopic (exact) mass is 366 g/mol. The van der Waals surface area contributed by atoms with Crippen LogP contribution in [0.25, 0.3) is 0 Å². The van der Waals surface area contributed by atoms with Crippen molar-refractivity contribution in [2.24, 2.45) is 5.92 Å². The lowest BCUT2D eigenvalue weighted by molar-refractivity contribution is 0.0696. The Morgan fingerprint density at radius 2 is 1.88 bits per heavy atom. The van der Waals surface area contributed by atoms with Crippen molar-refractivity contribution in [3.63, 3.8) is 0 Å². The Bertz CT molecular complexity index is 611. The first-order chi connectivity index (χ1) is 12.0. The number of piperidine rings is 1. The fraction of sp³-hybridized carbons (Fsp3) is 0.667. The molecule has 3 heterocycles. The maximum absolute atomic E-state index is 11.0. The van der Waals surface area contributed by atoms with E-state index in [0.717, 1.165) is 52.1 Å². The van der Waals surface area contributed by atoms with E-state index >= 15 is 0 Å². The maximum atomic E-state index is 11.0. The number of hydrogen-bond donors (Lipinski definition) is 1. The Morgan fingerprint density at radius 1 is 1.24 bits per heavy atom. The number of likely N-dealkylation sites (N-methyl/N-ethyl adjacent to an activating group) is 1. The van der Waals surface area contributed by atoms with Crippen molar-refractivity contribution >= 4 is 23.4 Å². The first-order valence-electron chi connectivity index (χ1n) is 9.02. The summed E-state index contributed by atoms with van der Waals surface area (Å²) in [5.74, 6) is 0.398. The van der Waals surface area contributed by atoms with Crippen molar-refractivity contribution in [1.82, 2.24) is 14.8 Å². The summed E-state index contributed by atoms with van der Waals surface area (Å²) >= 11 is 6.26. The van der Waals surface area contributed by atoms with Crippen LogP contribution >= 0.6 is 11.6 Å². The molecule has 6 nitrogen and oxygen atoms in total. The van der Waals surface area contributed by atoms with Gasteiger partial charge >= 0.3 is 5.97 Å². The predicted octanol–water partition coefficient (Wildman–Crippen LogP) is 2.29. The van der Waals surface area contributed by atoms with E-state index in [1.807, 2.05) is 0 Å². The Kier molecular flexibility index (Phi) is 5.81. The van der Waals surface area contributed by atoms with Crippen LogP contribution in [0.15, 0.2) is 12.3 Å². The second-order valence-corrected chi connectivity index (χ2v) is 7.65. The molecule has 0 amide bonds. The van der Waals surface area contributed by atoms with Crippen molar-refractivity contribution < 1.29 is 9.90 Å². The van der Waals surface area contributed by atoms with Crippen LogP contribution < -0.4 is 4.90 Å². The molecule has 2 fully saturated rings. The molecule has 0 spiro atoms. The zero-order valence-corrected chi connectivity index (χ0v) is 15.7. The molecule has 2 aliphatic heterocycles. The molecule has 1 aromatic heterocycles. The van der Waals surface area contributed by atoms with Gasteiger partial charge in [-0.1, -0.05) is 11.6 Å².